The first-order chi connectivity index (χ1) is 13.2. The van der Waals surface area contributed by atoms with E-state index in [0.29, 0.717) is 48.6 Å². The Labute approximate surface area is 172 Å². The van der Waals surface area contributed by atoms with E-state index in [4.69, 9.17) is 22.8 Å². The maximum absolute atomic E-state index is 12.9. The van der Waals surface area contributed by atoms with Crippen LogP contribution in [0, 0.1) is 20.8 Å². The van der Waals surface area contributed by atoms with E-state index in [1.165, 1.54) is 0 Å². The normalized spacial score (nSPS) is 17.8. The number of hydrogen-bond acceptors (Lipinski definition) is 5. The van der Waals surface area contributed by atoms with Crippen molar-refractivity contribution in [1.29, 1.82) is 0 Å². The fourth-order valence-electron chi connectivity index (χ4n) is 4.17. The summed E-state index contributed by atoms with van der Waals surface area (Å²) in [6, 6.07) is 2.12. The minimum Gasteiger partial charge on any atom is -0.511 e. The van der Waals surface area contributed by atoms with E-state index in [1.807, 2.05) is 13.8 Å². The Kier molecular flexibility index (Phi) is 7.35. The van der Waals surface area contributed by atoms with Crippen molar-refractivity contribution in [3.63, 3.8) is 0 Å². The summed E-state index contributed by atoms with van der Waals surface area (Å²) < 4.78 is 0. The van der Waals surface area contributed by atoms with Crippen molar-refractivity contribution >= 4 is 28.7 Å². The molecule has 152 valence electrons. The minimum absolute atomic E-state index is 0.0767. The van der Waals surface area contributed by atoms with E-state index in [9.17, 15) is 9.90 Å². The molecule has 1 aliphatic carbocycles. The number of nitrogens with zero attached hydrogens (tertiary/aromatic N) is 1. The summed E-state index contributed by atoms with van der Waals surface area (Å²) in [5, 5.41) is 14.7. The Morgan fingerprint density at radius 1 is 1.29 bits per heavy atom. The Bertz CT molecular complexity index is 856. The third-order valence-corrected chi connectivity index (χ3v) is 5.46. The molecule has 28 heavy (non-hydrogen) atoms. The van der Waals surface area contributed by atoms with Gasteiger partial charge in [0, 0.05) is 19.3 Å². The SMILES string of the molecule is CCO/N=C(/CC)C1=C(O)CC(c2c(C)cc(C)c(CC(N)=S)c2C)CC1=O. The van der Waals surface area contributed by atoms with Crippen LogP contribution in [0.1, 0.15) is 66.8 Å². The molecule has 3 N–H and O–H groups in total. The molecule has 0 bridgehead atoms. The number of benzene rings is 1. The van der Waals surface area contributed by atoms with Crippen LogP contribution in [0.4, 0.5) is 0 Å². The molecule has 0 aliphatic heterocycles. The van der Waals surface area contributed by atoms with Gasteiger partial charge in [-0.05, 0) is 67.9 Å². The molecule has 1 atom stereocenters. The number of aliphatic hydroxyl groups is 1. The van der Waals surface area contributed by atoms with Gasteiger partial charge in [0.15, 0.2) is 5.78 Å². The second-order valence-electron chi connectivity index (χ2n) is 7.33. The molecule has 0 saturated carbocycles. The molecule has 0 aromatic heterocycles. The quantitative estimate of drug-likeness (QED) is 0.398. The van der Waals surface area contributed by atoms with Crippen molar-refractivity contribution in [2.75, 3.05) is 6.61 Å². The molecule has 5 nitrogen and oxygen atoms in total. The number of rotatable bonds is 7. The van der Waals surface area contributed by atoms with Gasteiger partial charge in [0.25, 0.3) is 0 Å². The van der Waals surface area contributed by atoms with Gasteiger partial charge in [0.1, 0.15) is 12.4 Å². The van der Waals surface area contributed by atoms with E-state index < -0.39 is 0 Å². The number of ketones is 1. The lowest BCUT2D eigenvalue weighted by Gasteiger charge is -2.28. The van der Waals surface area contributed by atoms with Crippen molar-refractivity contribution in [2.45, 2.75) is 66.2 Å². The minimum atomic E-state index is -0.0932. The van der Waals surface area contributed by atoms with Crippen molar-refractivity contribution in [3.8, 4) is 0 Å². The molecular weight excluding hydrogens is 372 g/mol. The summed E-state index contributed by atoms with van der Waals surface area (Å²) in [5.41, 5.74) is 12.2. The number of thiocarbonyl (C=S) groups is 1. The Balaban J connectivity index is 2.47. The number of nitrogens with two attached hydrogens (primary N) is 1. The van der Waals surface area contributed by atoms with Crippen molar-refractivity contribution in [1.82, 2.24) is 0 Å². The average molecular weight is 403 g/mol. The smallest absolute Gasteiger partial charge is 0.168 e. The highest BCUT2D eigenvalue weighted by molar-refractivity contribution is 7.80. The molecule has 0 spiro atoms. The van der Waals surface area contributed by atoms with Gasteiger partial charge < -0.3 is 15.7 Å². The Morgan fingerprint density at radius 2 is 1.96 bits per heavy atom. The van der Waals surface area contributed by atoms with Gasteiger partial charge in [-0.2, -0.15) is 0 Å². The highest BCUT2D eigenvalue weighted by Gasteiger charge is 2.33. The number of aliphatic hydroxyl groups excluding tert-OH is 1. The predicted molar refractivity (Wildman–Crippen MR) is 117 cm³/mol. The zero-order valence-corrected chi connectivity index (χ0v) is 18.2. The van der Waals surface area contributed by atoms with Crippen LogP contribution in [-0.2, 0) is 16.1 Å². The molecule has 0 radical (unpaired) electrons. The number of hydrogen-bond donors (Lipinski definition) is 2. The van der Waals surface area contributed by atoms with Gasteiger partial charge in [0.2, 0.25) is 0 Å². The number of Topliss-reactive ketones (excluding diaryl/α,β-unsaturated/α-hetero) is 1. The second-order valence-corrected chi connectivity index (χ2v) is 7.85. The first kappa shape index (κ1) is 22.1. The van der Waals surface area contributed by atoms with E-state index in [-0.39, 0.29) is 17.5 Å². The molecule has 1 aliphatic rings. The topological polar surface area (TPSA) is 84.9 Å². The molecule has 0 saturated heterocycles. The number of allylic oxidation sites excluding steroid dienone is 2. The first-order valence-electron chi connectivity index (χ1n) is 9.73. The molecular formula is C22H30N2O3S. The van der Waals surface area contributed by atoms with Gasteiger partial charge in [-0.3, -0.25) is 4.79 Å². The van der Waals surface area contributed by atoms with Crippen LogP contribution < -0.4 is 5.73 Å². The van der Waals surface area contributed by atoms with E-state index in [0.717, 1.165) is 27.8 Å². The lowest BCUT2D eigenvalue weighted by Crippen LogP contribution is -2.25. The first-order valence-corrected chi connectivity index (χ1v) is 10.1. The molecule has 1 aromatic carbocycles. The zero-order chi connectivity index (χ0) is 21.0. The zero-order valence-electron chi connectivity index (χ0n) is 17.4. The molecule has 0 fully saturated rings. The Hall–Kier alpha value is -2.21. The van der Waals surface area contributed by atoms with E-state index in [1.54, 1.807) is 0 Å². The standard InChI is InChI=1S/C22H30N2O3S/c1-6-17(24-27-7-2)22-18(25)9-15(10-19(22)26)21-13(4)8-12(3)16(14(21)5)11-20(23)28/h8,15,25H,6-7,9-11H2,1-5H3,(H2,23,28)/b24-17-. The second kappa shape index (κ2) is 9.32. The largest absolute Gasteiger partial charge is 0.511 e. The summed E-state index contributed by atoms with van der Waals surface area (Å²) in [6.07, 6.45) is 1.80. The van der Waals surface area contributed by atoms with Crippen LogP contribution in [0.5, 0.6) is 0 Å². The van der Waals surface area contributed by atoms with Crippen LogP contribution in [0.3, 0.4) is 0 Å². The number of carbonyl (C=O) groups is 1. The summed E-state index contributed by atoms with van der Waals surface area (Å²) in [5.74, 6) is -0.0757. The third kappa shape index (κ3) is 4.61. The molecule has 2 rings (SSSR count). The van der Waals surface area contributed by atoms with Crippen LogP contribution in [0.15, 0.2) is 22.6 Å². The van der Waals surface area contributed by atoms with Gasteiger partial charge in [-0.25, -0.2) is 0 Å². The molecule has 1 unspecified atom stereocenters. The molecule has 0 heterocycles. The van der Waals surface area contributed by atoms with Crippen LogP contribution in [0.25, 0.3) is 0 Å². The maximum Gasteiger partial charge on any atom is 0.168 e. The summed E-state index contributed by atoms with van der Waals surface area (Å²) in [4.78, 5) is 18.5. The highest BCUT2D eigenvalue weighted by atomic mass is 32.1. The lowest BCUT2D eigenvalue weighted by atomic mass is 9.76. The fraction of sp³-hybridized carbons (Fsp3) is 0.500. The summed E-state index contributed by atoms with van der Waals surface area (Å²) in [6.45, 7) is 10.3. The molecule has 6 heteroatoms. The van der Waals surface area contributed by atoms with Crippen molar-refractivity contribution in [2.24, 2.45) is 10.9 Å². The summed E-state index contributed by atoms with van der Waals surface area (Å²) >= 11 is 5.11. The van der Waals surface area contributed by atoms with Gasteiger partial charge >= 0.3 is 0 Å². The van der Waals surface area contributed by atoms with E-state index >= 15 is 0 Å². The number of oxime groups is 1. The van der Waals surface area contributed by atoms with Crippen LogP contribution in [-0.4, -0.2) is 28.2 Å². The van der Waals surface area contributed by atoms with Crippen LogP contribution >= 0.6 is 12.2 Å². The third-order valence-electron chi connectivity index (χ3n) is 5.32. The maximum atomic E-state index is 12.9. The lowest BCUT2D eigenvalue weighted by molar-refractivity contribution is -0.116. The summed E-state index contributed by atoms with van der Waals surface area (Å²) in [7, 11) is 0. The van der Waals surface area contributed by atoms with Crippen molar-refractivity contribution in [3.05, 3.63) is 45.2 Å². The molecule has 1 aromatic rings. The fourth-order valence-corrected chi connectivity index (χ4v) is 4.32. The van der Waals surface area contributed by atoms with Crippen molar-refractivity contribution < 1.29 is 14.7 Å². The molecule has 0 amide bonds. The van der Waals surface area contributed by atoms with Crippen LogP contribution in [0.2, 0.25) is 0 Å². The van der Waals surface area contributed by atoms with Gasteiger partial charge in [0.05, 0.1) is 16.3 Å². The number of aryl methyl sites for hydroxylation is 2. The predicted octanol–water partition coefficient (Wildman–Crippen LogP) is 4.50. The monoisotopic (exact) mass is 402 g/mol. The average Bonchev–Trinajstić information content (AvgIpc) is 2.60. The van der Waals surface area contributed by atoms with E-state index in [2.05, 4.69) is 32.0 Å². The Morgan fingerprint density at radius 3 is 2.50 bits per heavy atom. The number of carbonyl (C=O) groups excluding carboxylic acids is 1. The van der Waals surface area contributed by atoms with Gasteiger partial charge in [-0.15, -0.1) is 0 Å². The van der Waals surface area contributed by atoms with Gasteiger partial charge in [-0.1, -0.05) is 30.4 Å². The highest BCUT2D eigenvalue weighted by Crippen LogP contribution is 2.39.